The molecule has 0 atom stereocenters. The van der Waals surface area contributed by atoms with E-state index in [1.165, 1.54) is 36.4 Å². The Bertz CT molecular complexity index is 1030. The summed E-state index contributed by atoms with van der Waals surface area (Å²) < 4.78 is 10.1. The smallest absolute Gasteiger partial charge is 0.325 e. The Labute approximate surface area is 167 Å². The number of nitrogens with zero attached hydrogens (tertiary/aromatic N) is 2. The average molecular weight is 423 g/mol. The Balaban J connectivity index is 1.86. The second-order valence-electron chi connectivity index (χ2n) is 5.47. The standard InChI is InChI=1S/C17H11ClN2O7S/c1-26-15(21)8-19-16(22)14(28-17(19)23)7-10-3-5-13(27-10)11-6-9(20(24)25)2-4-12(11)18/h2-7H,8H2,1H3. The SMILES string of the molecule is COC(=O)CN1C(=O)SC(=Cc2ccc(-c3cc([N+](=O)[O-])ccc3Cl)o2)C1=O. The monoisotopic (exact) mass is 422 g/mol. The van der Waals surface area contributed by atoms with Gasteiger partial charge in [-0.3, -0.25) is 29.4 Å². The number of thioether (sulfide) groups is 1. The van der Waals surface area contributed by atoms with Gasteiger partial charge in [0, 0.05) is 23.8 Å². The molecule has 28 heavy (non-hydrogen) atoms. The van der Waals surface area contributed by atoms with Crippen molar-refractivity contribution in [2.45, 2.75) is 0 Å². The molecule has 1 aromatic carbocycles. The number of esters is 1. The van der Waals surface area contributed by atoms with Gasteiger partial charge in [-0.05, 0) is 30.0 Å². The molecule has 2 aromatic rings. The lowest BCUT2D eigenvalue weighted by atomic mass is 10.1. The van der Waals surface area contributed by atoms with Gasteiger partial charge in [-0.1, -0.05) is 11.6 Å². The lowest BCUT2D eigenvalue weighted by Gasteiger charge is -2.09. The molecule has 1 aliphatic heterocycles. The summed E-state index contributed by atoms with van der Waals surface area (Å²) in [5, 5.41) is 10.6. The van der Waals surface area contributed by atoms with Gasteiger partial charge in [0.15, 0.2) is 0 Å². The van der Waals surface area contributed by atoms with Crippen LogP contribution in [0.3, 0.4) is 0 Å². The highest BCUT2D eigenvalue weighted by Gasteiger charge is 2.36. The van der Waals surface area contributed by atoms with Crippen LogP contribution in [-0.4, -0.2) is 40.6 Å². The number of carbonyl (C=O) groups is 3. The van der Waals surface area contributed by atoms with Gasteiger partial charge in [-0.15, -0.1) is 0 Å². The number of benzene rings is 1. The van der Waals surface area contributed by atoms with Gasteiger partial charge in [-0.2, -0.15) is 0 Å². The Morgan fingerprint density at radius 3 is 2.79 bits per heavy atom. The second kappa shape index (κ2) is 7.87. The molecule has 1 aromatic heterocycles. The van der Waals surface area contributed by atoms with Gasteiger partial charge >= 0.3 is 5.97 Å². The highest BCUT2D eigenvalue weighted by atomic mass is 35.5. The third-order valence-electron chi connectivity index (χ3n) is 3.71. The summed E-state index contributed by atoms with van der Waals surface area (Å²) in [4.78, 5) is 46.7. The molecule has 9 nitrogen and oxygen atoms in total. The first-order chi connectivity index (χ1) is 13.3. The first-order valence-corrected chi connectivity index (χ1v) is 8.86. The van der Waals surface area contributed by atoms with Crippen molar-refractivity contribution in [1.82, 2.24) is 4.90 Å². The molecule has 0 saturated carbocycles. The molecule has 0 unspecified atom stereocenters. The molecular weight excluding hydrogens is 412 g/mol. The molecule has 0 aliphatic carbocycles. The van der Waals surface area contributed by atoms with Gasteiger partial charge in [0.2, 0.25) is 0 Å². The molecule has 1 saturated heterocycles. The number of nitro groups is 1. The van der Waals surface area contributed by atoms with Crippen molar-refractivity contribution in [2.24, 2.45) is 0 Å². The van der Waals surface area contributed by atoms with Crippen LogP contribution < -0.4 is 0 Å². The van der Waals surface area contributed by atoms with Crippen molar-refractivity contribution >= 4 is 52.2 Å². The number of rotatable bonds is 5. The molecule has 0 radical (unpaired) electrons. The predicted octanol–water partition coefficient (Wildman–Crippen LogP) is 3.72. The number of imide groups is 1. The van der Waals surface area contributed by atoms with Crippen LogP contribution in [0.4, 0.5) is 10.5 Å². The summed E-state index contributed by atoms with van der Waals surface area (Å²) in [5.41, 5.74) is 0.163. The van der Waals surface area contributed by atoms with Crippen molar-refractivity contribution < 1.29 is 28.5 Å². The fourth-order valence-electron chi connectivity index (χ4n) is 2.35. The van der Waals surface area contributed by atoms with Crippen molar-refractivity contribution in [3.05, 3.63) is 56.1 Å². The summed E-state index contributed by atoms with van der Waals surface area (Å²) in [6.07, 6.45) is 1.34. The second-order valence-corrected chi connectivity index (χ2v) is 6.87. The number of ether oxygens (including phenoxy) is 1. The Morgan fingerprint density at radius 1 is 1.36 bits per heavy atom. The number of non-ortho nitro benzene ring substituents is 1. The number of hydrogen-bond acceptors (Lipinski definition) is 8. The fraction of sp³-hybridized carbons (Fsp3) is 0.118. The molecule has 2 amide bonds. The minimum Gasteiger partial charge on any atom is -0.468 e. The van der Waals surface area contributed by atoms with Gasteiger partial charge in [0.1, 0.15) is 18.1 Å². The topological polar surface area (TPSA) is 120 Å². The normalized spacial score (nSPS) is 15.4. The maximum atomic E-state index is 12.3. The Morgan fingerprint density at radius 2 is 2.11 bits per heavy atom. The van der Waals surface area contributed by atoms with Crippen molar-refractivity contribution in [2.75, 3.05) is 13.7 Å². The number of nitro benzene ring substituents is 1. The van der Waals surface area contributed by atoms with Crippen LogP contribution in [-0.2, 0) is 14.3 Å². The predicted molar refractivity (Wildman–Crippen MR) is 101 cm³/mol. The number of carbonyl (C=O) groups excluding carboxylic acids is 3. The van der Waals surface area contributed by atoms with Crippen LogP contribution in [0.1, 0.15) is 5.76 Å². The van der Waals surface area contributed by atoms with E-state index in [-0.39, 0.29) is 27.1 Å². The van der Waals surface area contributed by atoms with E-state index < -0.39 is 28.6 Å². The summed E-state index contributed by atoms with van der Waals surface area (Å²) in [5.74, 6) is -0.870. The Kier molecular flexibility index (Phi) is 5.52. The van der Waals surface area contributed by atoms with E-state index >= 15 is 0 Å². The van der Waals surface area contributed by atoms with E-state index in [1.54, 1.807) is 0 Å². The molecule has 2 heterocycles. The summed E-state index contributed by atoms with van der Waals surface area (Å²) >= 11 is 6.75. The van der Waals surface area contributed by atoms with Gasteiger partial charge in [0.25, 0.3) is 16.8 Å². The highest BCUT2D eigenvalue weighted by molar-refractivity contribution is 8.18. The van der Waals surface area contributed by atoms with Crippen LogP contribution in [0.2, 0.25) is 5.02 Å². The van der Waals surface area contributed by atoms with Gasteiger partial charge in [0.05, 0.1) is 22.0 Å². The molecule has 3 rings (SSSR count). The van der Waals surface area contributed by atoms with Crippen LogP contribution in [0, 0.1) is 10.1 Å². The van der Waals surface area contributed by atoms with E-state index in [0.717, 1.165) is 12.0 Å². The molecule has 1 fully saturated rings. The zero-order chi connectivity index (χ0) is 20.4. The van der Waals surface area contributed by atoms with Crippen LogP contribution >= 0.6 is 23.4 Å². The zero-order valence-electron chi connectivity index (χ0n) is 14.2. The maximum Gasteiger partial charge on any atom is 0.325 e. The molecule has 0 spiro atoms. The average Bonchev–Trinajstić information content (AvgIpc) is 3.22. The summed E-state index contributed by atoms with van der Waals surface area (Å²) in [6, 6.07) is 6.99. The van der Waals surface area contributed by atoms with Crippen molar-refractivity contribution in [3.63, 3.8) is 0 Å². The minimum absolute atomic E-state index is 0.0694. The number of halogens is 1. The Hall–Kier alpha value is -3.11. The van der Waals surface area contributed by atoms with E-state index in [1.807, 2.05) is 0 Å². The number of hydrogen-bond donors (Lipinski definition) is 0. The zero-order valence-corrected chi connectivity index (χ0v) is 15.8. The lowest BCUT2D eigenvalue weighted by molar-refractivity contribution is -0.384. The highest BCUT2D eigenvalue weighted by Crippen LogP contribution is 2.35. The maximum absolute atomic E-state index is 12.3. The number of amides is 2. The van der Waals surface area contributed by atoms with Gasteiger partial charge in [-0.25, -0.2) is 0 Å². The number of methoxy groups -OCH3 is 1. The lowest BCUT2D eigenvalue weighted by Crippen LogP contribution is -2.34. The van der Waals surface area contributed by atoms with Crippen LogP contribution in [0.15, 0.2) is 39.7 Å². The largest absolute Gasteiger partial charge is 0.468 e. The van der Waals surface area contributed by atoms with E-state index in [2.05, 4.69) is 4.74 Å². The summed E-state index contributed by atoms with van der Waals surface area (Å²) in [6.45, 7) is -0.481. The van der Waals surface area contributed by atoms with Crippen molar-refractivity contribution in [3.8, 4) is 11.3 Å². The first-order valence-electron chi connectivity index (χ1n) is 7.66. The third kappa shape index (κ3) is 3.92. The van der Waals surface area contributed by atoms with E-state index in [9.17, 15) is 24.5 Å². The number of furan rings is 1. The van der Waals surface area contributed by atoms with Gasteiger partial charge < -0.3 is 9.15 Å². The quantitative estimate of drug-likeness (QED) is 0.309. The summed E-state index contributed by atoms with van der Waals surface area (Å²) in [7, 11) is 1.15. The molecule has 0 N–H and O–H groups in total. The molecule has 144 valence electrons. The van der Waals surface area contributed by atoms with E-state index in [0.29, 0.717) is 17.3 Å². The fourth-order valence-corrected chi connectivity index (χ4v) is 3.38. The van der Waals surface area contributed by atoms with Crippen molar-refractivity contribution in [1.29, 1.82) is 0 Å². The molecular formula is C17H11ClN2O7S. The van der Waals surface area contributed by atoms with Crippen LogP contribution in [0.5, 0.6) is 0 Å². The minimum atomic E-state index is -0.718. The van der Waals surface area contributed by atoms with E-state index in [4.69, 9.17) is 16.0 Å². The third-order valence-corrected chi connectivity index (χ3v) is 4.95. The molecule has 0 bridgehead atoms. The first kappa shape index (κ1) is 19.6. The van der Waals surface area contributed by atoms with Crippen LogP contribution in [0.25, 0.3) is 17.4 Å². The molecule has 1 aliphatic rings. The molecule has 11 heteroatoms.